The molecule has 0 bridgehead atoms. The van der Waals surface area contributed by atoms with Gasteiger partial charge in [0.25, 0.3) is 0 Å². The Morgan fingerprint density at radius 3 is 2.08 bits per heavy atom. The fraction of sp³-hybridized carbons (Fsp3) is 1.00. The van der Waals surface area contributed by atoms with Gasteiger partial charge in [0.1, 0.15) is 24.4 Å². The highest BCUT2D eigenvalue weighted by Gasteiger charge is 2.44. The maximum atomic E-state index is 9.12. The second-order valence-corrected chi connectivity index (χ2v) is 2.72. The first-order valence-electron chi connectivity index (χ1n) is 3.56. The Labute approximate surface area is 68.6 Å². The Morgan fingerprint density at radius 1 is 1.17 bits per heavy atom. The van der Waals surface area contributed by atoms with Gasteiger partial charge in [0, 0.05) is 0 Å². The molecule has 0 aromatic rings. The molecule has 6 heteroatoms. The van der Waals surface area contributed by atoms with Gasteiger partial charge >= 0.3 is 0 Å². The van der Waals surface area contributed by atoms with E-state index < -0.39 is 37.3 Å². The van der Waals surface area contributed by atoms with Gasteiger partial charge in [-0.05, 0) is 0 Å². The quantitative estimate of drug-likeness (QED) is 0.306. The smallest absolute Gasteiger partial charge is 0.184 e. The van der Waals surface area contributed by atoms with Gasteiger partial charge in [-0.25, -0.2) is 0 Å². The predicted molar refractivity (Wildman–Crippen MR) is 36.0 cm³/mol. The molecule has 6 nitrogen and oxygen atoms in total. The van der Waals surface area contributed by atoms with E-state index in [1.165, 1.54) is 0 Å². The topological polar surface area (TPSA) is 110 Å². The predicted octanol–water partition coefficient (Wildman–Crippen LogP) is -3.22. The molecule has 0 spiro atoms. The summed E-state index contributed by atoms with van der Waals surface area (Å²) in [6.45, 7) is -0.596. The summed E-state index contributed by atoms with van der Waals surface area (Å²) < 4.78 is 4.58. The molecule has 5 atom stereocenters. The largest absolute Gasteiger partial charge is 0.394 e. The Bertz CT molecular complexity index is 151. The molecule has 1 aliphatic rings. The van der Waals surface area contributed by atoms with Crippen LogP contribution < -0.4 is 0 Å². The highest BCUT2D eigenvalue weighted by Crippen LogP contribution is 2.21. The maximum Gasteiger partial charge on any atom is 0.184 e. The third kappa shape index (κ3) is 1.58. The van der Waals surface area contributed by atoms with E-state index in [0.29, 0.717) is 0 Å². The summed E-state index contributed by atoms with van der Waals surface area (Å²) in [5, 5.41) is 44.4. The van der Waals surface area contributed by atoms with Gasteiger partial charge in [-0.15, -0.1) is 0 Å². The fourth-order valence-electron chi connectivity index (χ4n) is 1.11. The second kappa shape index (κ2) is 3.65. The van der Waals surface area contributed by atoms with Gasteiger partial charge in [0.2, 0.25) is 0 Å². The van der Waals surface area contributed by atoms with Crippen LogP contribution in [0, 0.1) is 0 Å². The van der Waals surface area contributed by atoms with Crippen LogP contribution in [0.15, 0.2) is 0 Å². The molecule has 5 N–H and O–H groups in total. The van der Waals surface area contributed by atoms with E-state index in [1.54, 1.807) is 0 Å². The lowest BCUT2D eigenvalue weighted by Gasteiger charge is -2.18. The molecule has 1 rings (SSSR count). The first-order chi connectivity index (χ1) is 5.57. The monoisotopic (exact) mass is 180 g/mol. The van der Waals surface area contributed by atoms with Crippen molar-refractivity contribution in [3.63, 3.8) is 0 Å². The molecule has 1 aliphatic heterocycles. The van der Waals surface area contributed by atoms with Gasteiger partial charge in [0.05, 0.1) is 6.61 Å². The molecule has 2 unspecified atom stereocenters. The van der Waals surface area contributed by atoms with Crippen LogP contribution in [0.2, 0.25) is 0 Å². The molecular formula is C6H12O6. The van der Waals surface area contributed by atoms with Crippen LogP contribution in [0.25, 0.3) is 0 Å². The van der Waals surface area contributed by atoms with Crippen LogP contribution in [-0.4, -0.2) is 62.8 Å². The molecular weight excluding hydrogens is 168 g/mol. The number of aliphatic hydroxyl groups excluding tert-OH is 5. The number of rotatable bonds is 2. The zero-order chi connectivity index (χ0) is 9.30. The van der Waals surface area contributed by atoms with Crippen LogP contribution >= 0.6 is 0 Å². The summed E-state index contributed by atoms with van der Waals surface area (Å²) in [4.78, 5) is 0. The highest BCUT2D eigenvalue weighted by atomic mass is 16.6. The third-order valence-electron chi connectivity index (χ3n) is 1.84. The van der Waals surface area contributed by atoms with Crippen molar-refractivity contribution in [3.05, 3.63) is 0 Å². The molecule has 1 fully saturated rings. The second-order valence-electron chi connectivity index (χ2n) is 2.72. The summed E-state index contributed by atoms with van der Waals surface area (Å²) in [6.07, 6.45) is -6.75. The van der Waals surface area contributed by atoms with Crippen molar-refractivity contribution in [3.8, 4) is 0 Å². The Balaban J connectivity index is 2.58. The van der Waals surface area contributed by atoms with Crippen LogP contribution in [0.4, 0.5) is 0 Å². The minimum atomic E-state index is -1.51. The van der Waals surface area contributed by atoms with Gasteiger partial charge in [-0.3, -0.25) is 0 Å². The van der Waals surface area contributed by atoms with Crippen LogP contribution in [0.3, 0.4) is 0 Å². The fourth-order valence-corrected chi connectivity index (χ4v) is 1.11. The van der Waals surface area contributed by atoms with Crippen molar-refractivity contribution in [2.75, 3.05) is 6.61 Å². The van der Waals surface area contributed by atoms with Crippen molar-refractivity contribution >= 4 is 0 Å². The lowest BCUT2D eigenvalue weighted by molar-refractivity contribution is -0.150. The zero-order valence-corrected chi connectivity index (χ0v) is 6.24. The third-order valence-corrected chi connectivity index (χ3v) is 1.84. The van der Waals surface area contributed by atoms with Crippen molar-refractivity contribution < 1.29 is 30.3 Å². The van der Waals surface area contributed by atoms with Gasteiger partial charge < -0.3 is 30.3 Å². The van der Waals surface area contributed by atoms with Crippen molar-refractivity contribution in [2.24, 2.45) is 0 Å². The molecule has 1 heterocycles. The lowest BCUT2D eigenvalue weighted by Crippen LogP contribution is -2.40. The summed E-state index contributed by atoms with van der Waals surface area (Å²) >= 11 is 0. The van der Waals surface area contributed by atoms with E-state index in [1.807, 2.05) is 0 Å². The lowest BCUT2D eigenvalue weighted by atomic mass is 10.1. The van der Waals surface area contributed by atoms with Gasteiger partial charge in [0.15, 0.2) is 6.29 Å². The summed E-state index contributed by atoms with van der Waals surface area (Å²) in [7, 11) is 0. The van der Waals surface area contributed by atoms with E-state index in [-0.39, 0.29) is 0 Å². The minimum absolute atomic E-state index is 0.596. The van der Waals surface area contributed by atoms with Gasteiger partial charge in [-0.2, -0.15) is 0 Å². The standard InChI is InChI=1S/C6H12O6/c7-1-2(8)5-3(9)4(10)6(11)12-5/h2-11H,1H2/t2?,3-,4-,5+,6?/m0/s1. The number of hydrogen-bond donors (Lipinski definition) is 5. The molecule has 0 saturated carbocycles. The normalized spacial score (nSPS) is 44.8. The molecule has 72 valence electrons. The molecule has 12 heavy (non-hydrogen) atoms. The molecule has 0 aromatic carbocycles. The Kier molecular flexibility index (Phi) is 2.99. The number of aliphatic hydroxyl groups is 5. The first-order valence-corrected chi connectivity index (χ1v) is 3.56. The maximum absolute atomic E-state index is 9.12. The minimum Gasteiger partial charge on any atom is -0.394 e. The van der Waals surface area contributed by atoms with Crippen molar-refractivity contribution in [1.82, 2.24) is 0 Å². The Hall–Kier alpha value is -0.240. The van der Waals surface area contributed by atoms with E-state index in [9.17, 15) is 0 Å². The van der Waals surface area contributed by atoms with E-state index in [2.05, 4.69) is 4.74 Å². The average molecular weight is 180 g/mol. The SMILES string of the molecule is OCC(O)[C@H]1OC(O)[C@@H](O)[C@@H]1O. The first kappa shape index (κ1) is 9.85. The molecule has 1 saturated heterocycles. The van der Waals surface area contributed by atoms with E-state index in [0.717, 1.165) is 0 Å². The average Bonchev–Trinajstić information content (AvgIpc) is 2.32. The van der Waals surface area contributed by atoms with Crippen LogP contribution in [-0.2, 0) is 4.74 Å². The van der Waals surface area contributed by atoms with E-state index >= 15 is 0 Å². The Morgan fingerprint density at radius 2 is 1.75 bits per heavy atom. The summed E-state index contributed by atoms with van der Waals surface area (Å²) in [5.41, 5.74) is 0. The molecule has 0 aromatic heterocycles. The summed E-state index contributed by atoms with van der Waals surface area (Å²) in [6, 6.07) is 0. The molecule has 0 radical (unpaired) electrons. The van der Waals surface area contributed by atoms with Crippen LogP contribution in [0.1, 0.15) is 0 Å². The van der Waals surface area contributed by atoms with E-state index in [4.69, 9.17) is 25.5 Å². The molecule has 0 aliphatic carbocycles. The molecule has 0 amide bonds. The van der Waals surface area contributed by atoms with Crippen LogP contribution in [0.5, 0.6) is 0 Å². The zero-order valence-electron chi connectivity index (χ0n) is 6.24. The highest BCUT2D eigenvalue weighted by molar-refractivity contribution is 4.89. The van der Waals surface area contributed by atoms with Crippen molar-refractivity contribution in [2.45, 2.75) is 30.7 Å². The number of ether oxygens (including phenoxy) is 1. The van der Waals surface area contributed by atoms with Crippen molar-refractivity contribution in [1.29, 1.82) is 0 Å². The van der Waals surface area contributed by atoms with Gasteiger partial charge in [-0.1, -0.05) is 0 Å². The summed E-state index contributed by atoms with van der Waals surface area (Å²) in [5.74, 6) is 0. The number of hydrogen-bond acceptors (Lipinski definition) is 6.